The van der Waals surface area contributed by atoms with Gasteiger partial charge in [-0.1, -0.05) is 23.2 Å². The zero-order valence-electron chi connectivity index (χ0n) is 7.81. The molecule has 0 radical (unpaired) electrons. The quantitative estimate of drug-likeness (QED) is 0.670. The van der Waals surface area contributed by atoms with Crippen molar-refractivity contribution in [3.05, 3.63) is 27.7 Å². The van der Waals surface area contributed by atoms with E-state index in [0.717, 1.165) is 0 Å². The third-order valence-electron chi connectivity index (χ3n) is 1.65. The second-order valence-corrected chi connectivity index (χ2v) is 3.63. The lowest BCUT2D eigenvalue weighted by atomic mass is 10.2. The molecule has 82 valence electrons. The highest BCUT2D eigenvalue weighted by Crippen LogP contribution is 2.30. The normalized spacial score (nSPS) is 9.87. The number of anilines is 1. The number of carbonyl (C=O) groups is 1. The first-order valence-electron chi connectivity index (χ1n) is 4.13. The standard InChI is InChI=1S/C9H8Cl3NO2/c1-2-15-9(14)5-3-8(13-12)7(11)4-6(5)10/h3-4,13H,2H2,1H3. The number of halogens is 3. The van der Waals surface area contributed by atoms with E-state index in [-0.39, 0.29) is 17.2 Å². The van der Waals surface area contributed by atoms with Gasteiger partial charge in [0.25, 0.3) is 0 Å². The first-order valence-corrected chi connectivity index (χ1v) is 5.26. The maximum absolute atomic E-state index is 11.4. The molecule has 0 aliphatic carbocycles. The third kappa shape index (κ3) is 2.91. The van der Waals surface area contributed by atoms with Crippen LogP contribution in [0.4, 0.5) is 5.69 Å². The van der Waals surface area contributed by atoms with Crippen LogP contribution < -0.4 is 4.84 Å². The summed E-state index contributed by atoms with van der Waals surface area (Å²) in [7, 11) is 0. The summed E-state index contributed by atoms with van der Waals surface area (Å²) >= 11 is 17.0. The Balaban J connectivity index is 3.12. The van der Waals surface area contributed by atoms with Crippen molar-refractivity contribution in [3.8, 4) is 0 Å². The molecular formula is C9H8Cl3NO2. The molecule has 15 heavy (non-hydrogen) atoms. The largest absolute Gasteiger partial charge is 0.462 e. The van der Waals surface area contributed by atoms with E-state index in [0.29, 0.717) is 10.7 Å². The average molecular weight is 269 g/mol. The Morgan fingerprint density at radius 3 is 2.60 bits per heavy atom. The van der Waals surface area contributed by atoms with E-state index < -0.39 is 5.97 Å². The Kier molecular flexibility index (Phi) is 4.51. The Morgan fingerprint density at radius 2 is 2.07 bits per heavy atom. The zero-order valence-corrected chi connectivity index (χ0v) is 10.1. The monoisotopic (exact) mass is 267 g/mol. The Morgan fingerprint density at radius 1 is 1.40 bits per heavy atom. The van der Waals surface area contributed by atoms with E-state index >= 15 is 0 Å². The van der Waals surface area contributed by atoms with Crippen LogP contribution in [0, 0.1) is 0 Å². The van der Waals surface area contributed by atoms with Crippen LogP contribution in [0.1, 0.15) is 17.3 Å². The number of carbonyl (C=O) groups excluding carboxylic acids is 1. The molecular weight excluding hydrogens is 260 g/mol. The van der Waals surface area contributed by atoms with Gasteiger partial charge in [0.1, 0.15) is 0 Å². The molecule has 3 nitrogen and oxygen atoms in total. The van der Waals surface area contributed by atoms with Gasteiger partial charge < -0.3 is 4.74 Å². The van der Waals surface area contributed by atoms with Gasteiger partial charge in [-0.25, -0.2) is 4.79 Å². The van der Waals surface area contributed by atoms with Crippen LogP contribution >= 0.6 is 35.0 Å². The maximum atomic E-state index is 11.4. The Bertz CT molecular complexity index is 382. The lowest BCUT2D eigenvalue weighted by molar-refractivity contribution is 0.0526. The molecule has 1 N–H and O–H groups in total. The van der Waals surface area contributed by atoms with Gasteiger partial charge in [-0.05, 0) is 19.1 Å². The molecule has 6 heteroatoms. The molecule has 1 aromatic carbocycles. The summed E-state index contributed by atoms with van der Waals surface area (Å²) in [6.45, 7) is 1.99. The molecule has 0 atom stereocenters. The molecule has 0 saturated heterocycles. The summed E-state index contributed by atoms with van der Waals surface area (Å²) in [6, 6.07) is 2.87. The van der Waals surface area contributed by atoms with Gasteiger partial charge in [0.2, 0.25) is 0 Å². The second kappa shape index (κ2) is 5.45. The number of hydrogen-bond acceptors (Lipinski definition) is 3. The van der Waals surface area contributed by atoms with E-state index in [9.17, 15) is 4.79 Å². The molecule has 0 aromatic heterocycles. The summed E-state index contributed by atoms with van der Waals surface area (Å²) in [5, 5.41) is 0.567. The molecule has 0 heterocycles. The highest BCUT2D eigenvalue weighted by molar-refractivity contribution is 6.39. The van der Waals surface area contributed by atoms with Crippen molar-refractivity contribution in [3.63, 3.8) is 0 Å². The van der Waals surface area contributed by atoms with Gasteiger partial charge in [0.15, 0.2) is 0 Å². The molecule has 0 aliphatic rings. The van der Waals surface area contributed by atoms with Gasteiger partial charge >= 0.3 is 5.97 Å². The molecule has 0 amide bonds. The fourth-order valence-corrected chi connectivity index (χ4v) is 1.70. The summed E-state index contributed by atoms with van der Waals surface area (Å²) in [5.74, 6) is -0.507. The van der Waals surface area contributed by atoms with Crippen LogP contribution in [0.2, 0.25) is 10.0 Å². The molecule has 0 fully saturated rings. The predicted octanol–water partition coefficient (Wildman–Crippen LogP) is 3.74. The number of esters is 1. The fraction of sp³-hybridized carbons (Fsp3) is 0.222. The molecule has 1 rings (SSSR count). The molecule has 0 saturated carbocycles. The average Bonchev–Trinajstić information content (AvgIpc) is 2.18. The number of ether oxygens (including phenoxy) is 1. The van der Waals surface area contributed by atoms with E-state index in [4.69, 9.17) is 39.7 Å². The molecule has 0 spiro atoms. The Labute approximate surface area is 102 Å². The van der Waals surface area contributed by atoms with Crippen LogP contribution in [0.15, 0.2) is 12.1 Å². The lowest BCUT2D eigenvalue weighted by Crippen LogP contribution is -2.05. The maximum Gasteiger partial charge on any atom is 0.339 e. The van der Waals surface area contributed by atoms with E-state index in [1.807, 2.05) is 0 Å². The second-order valence-electron chi connectivity index (χ2n) is 2.63. The van der Waals surface area contributed by atoms with Crippen LogP contribution in [0.25, 0.3) is 0 Å². The summed E-state index contributed by atoms with van der Waals surface area (Å²) < 4.78 is 4.81. The highest BCUT2D eigenvalue weighted by Gasteiger charge is 2.14. The van der Waals surface area contributed by atoms with Crippen molar-refractivity contribution in [2.75, 3.05) is 11.4 Å². The van der Waals surface area contributed by atoms with E-state index in [1.54, 1.807) is 6.92 Å². The third-order valence-corrected chi connectivity index (χ3v) is 2.48. The predicted molar refractivity (Wildman–Crippen MR) is 61.9 cm³/mol. The van der Waals surface area contributed by atoms with E-state index in [2.05, 4.69) is 4.84 Å². The molecule has 0 aliphatic heterocycles. The highest BCUT2D eigenvalue weighted by atomic mass is 35.5. The Hall–Kier alpha value is -0.640. The van der Waals surface area contributed by atoms with Crippen LogP contribution in [-0.2, 0) is 4.74 Å². The zero-order chi connectivity index (χ0) is 11.4. The molecule has 1 aromatic rings. The minimum atomic E-state index is -0.507. The lowest BCUT2D eigenvalue weighted by Gasteiger charge is -2.07. The van der Waals surface area contributed by atoms with Gasteiger partial charge in [-0.15, -0.1) is 0 Å². The van der Waals surface area contributed by atoms with E-state index in [1.165, 1.54) is 12.1 Å². The van der Waals surface area contributed by atoms with Crippen LogP contribution in [0.3, 0.4) is 0 Å². The van der Waals surface area contributed by atoms with Crippen LogP contribution in [0.5, 0.6) is 0 Å². The molecule has 0 bridgehead atoms. The summed E-state index contributed by atoms with van der Waals surface area (Å²) in [4.78, 5) is 13.8. The van der Waals surface area contributed by atoms with Gasteiger partial charge in [-0.3, -0.25) is 4.84 Å². The number of rotatable bonds is 3. The van der Waals surface area contributed by atoms with Crippen molar-refractivity contribution in [1.29, 1.82) is 0 Å². The van der Waals surface area contributed by atoms with Crippen molar-refractivity contribution >= 4 is 46.6 Å². The topological polar surface area (TPSA) is 38.3 Å². The van der Waals surface area contributed by atoms with Crippen molar-refractivity contribution in [2.24, 2.45) is 0 Å². The summed E-state index contributed by atoms with van der Waals surface area (Å²) in [5.41, 5.74) is 0.636. The first-order chi connectivity index (χ1) is 7.10. The summed E-state index contributed by atoms with van der Waals surface area (Å²) in [6.07, 6.45) is 0. The van der Waals surface area contributed by atoms with Crippen LogP contribution in [-0.4, -0.2) is 12.6 Å². The smallest absolute Gasteiger partial charge is 0.339 e. The van der Waals surface area contributed by atoms with Crippen molar-refractivity contribution in [1.82, 2.24) is 0 Å². The molecule has 0 unspecified atom stereocenters. The SMILES string of the molecule is CCOC(=O)c1cc(NCl)c(Cl)cc1Cl. The number of hydrogen-bond donors (Lipinski definition) is 1. The first kappa shape index (κ1) is 12.4. The van der Waals surface area contributed by atoms with Crippen molar-refractivity contribution < 1.29 is 9.53 Å². The minimum Gasteiger partial charge on any atom is -0.462 e. The van der Waals surface area contributed by atoms with Gasteiger partial charge in [-0.2, -0.15) is 0 Å². The number of nitrogens with one attached hydrogen (secondary N) is 1. The van der Waals surface area contributed by atoms with Crippen molar-refractivity contribution in [2.45, 2.75) is 6.92 Å². The number of benzene rings is 1. The minimum absolute atomic E-state index is 0.228. The van der Waals surface area contributed by atoms with Gasteiger partial charge in [0.05, 0.1) is 27.9 Å². The fourth-order valence-electron chi connectivity index (χ4n) is 0.987. The van der Waals surface area contributed by atoms with Gasteiger partial charge in [0, 0.05) is 11.8 Å².